The molecule has 1 rings (SSSR count). The zero-order chi connectivity index (χ0) is 6.53. The minimum Gasteiger partial charge on any atom is -0.260 e. The summed E-state index contributed by atoms with van der Waals surface area (Å²) in [7, 11) is 0. The van der Waals surface area contributed by atoms with Gasteiger partial charge in [0, 0.05) is 24.2 Å². The summed E-state index contributed by atoms with van der Waals surface area (Å²) in [5, 5.41) is 10.7. The van der Waals surface area contributed by atoms with E-state index in [2.05, 4.69) is 9.97 Å². The maximum absolute atomic E-state index is 8.16. The van der Waals surface area contributed by atoms with Gasteiger partial charge in [-0.3, -0.25) is 4.98 Å². The predicted octanol–water partition coefficient (Wildman–Crippen LogP) is 1.05. The van der Waals surface area contributed by atoms with Crippen molar-refractivity contribution in [3.8, 4) is 5.40 Å². The number of nitriles is 1. The number of hydrogen-bond donors (Lipinski definition) is 0. The first kappa shape index (κ1) is 6.05. The third-order valence-corrected chi connectivity index (χ3v) is 1.20. The topological polar surface area (TPSA) is 49.6 Å². The van der Waals surface area contributed by atoms with Crippen LogP contribution in [0.1, 0.15) is 0 Å². The molecule has 3 nitrogen and oxygen atoms in total. The van der Waals surface area contributed by atoms with Crippen molar-refractivity contribution in [3.05, 3.63) is 18.6 Å². The van der Waals surface area contributed by atoms with E-state index in [0.717, 1.165) is 11.8 Å². The summed E-state index contributed by atoms with van der Waals surface area (Å²) in [6, 6.07) is 0. The summed E-state index contributed by atoms with van der Waals surface area (Å²) in [6.45, 7) is 0. The third-order valence-electron chi connectivity index (χ3n) is 0.690. The molecule has 0 aliphatic carbocycles. The lowest BCUT2D eigenvalue weighted by atomic mass is 10.8. The molecule has 0 amide bonds. The number of aromatic nitrogens is 2. The van der Waals surface area contributed by atoms with Crippen molar-refractivity contribution in [1.29, 1.82) is 5.26 Å². The van der Waals surface area contributed by atoms with Crippen LogP contribution in [0.25, 0.3) is 0 Å². The van der Waals surface area contributed by atoms with Crippen LogP contribution in [0.3, 0.4) is 0 Å². The Balaban J connectivity index is 2.76. The lowest BCUT2D eigenvalue weighted by Gasteiger charge is -1.85. The molecule has 0 atom stereocenters. The average molecular weight is 137 g/mol. The molecule has 0 saturated carbocycles. The second kappa shape index (κ2) is 3.05. The molecule has 0 aromatic carbocycles. The number of thiocyanates is 1. The molecular formula is C5H3N3S. The van der Waals surface area contributed by atoms with Crippen molar-refractivity contribution >= 4 is 11.8 Å². The Kier molecular flexibility index (Phi) is 2.05. The lowest BCUT2D eigenvalue weighted by Crippen LogP contribution is -1.76. The van der Waals surface area contributed by atoms with E-state index in [0.29, 0.717) is 5.03 Å². The fourth-order valence-electron chi connectivity index (χ4n) is 0.385. The van der Waals surface area contributed by atoms with E-state index < -0.39 is 0 Å². The molecule has 0 saturated heterocycles. The Hall–Kier alpha value is -1.08. The Labute approximate surface area is 56.8 Å². The molecule has 0 fully saturated rings. The summed E-state index contributed by atoms with van der Waals surface area (Å²) < 4.78 is 0. The van der Waals surface area contributed by atoms with Crippen LogP contribution in [-0.4, -0.2) is 9.97 Å². The standard InChI is InChI=1S/C5H3N3S/c6-4-9-5-3-7-1-2-8-5/h1-3H. The fraction of sp³-hybridized carbons (Fsp3) is 0. The normalized spacial score (nSPS) is 8.33. The molecule has 1 heterocycles. The zero-order valence-corrected chi connectivity index (χ0v) is 5.30. The second-order valence-electron chi connectivity index (χ2n) is 1.24. The Bertz CT molecular complexity index is 215. The quantitative estimate of drug-likeness (QED) is 0.429. The van der Waals surface area contributed by atoms with Crippen molar-refractivity contribution in [2.45, 2.75) is 5.03 Å². The molecule has 0 unspecified atom stereocenters. The molecule has 0 aliphatic heterocycles. The highest BCUT2D eigenvalue weighted by Gasteiger charge is 1.88. The number of rotatable bonds is 1. The highest BCUT2D eigenvalue weighted by atomic mass is 32.2. The second-order valence-corrected chi connectivity index (χ2v) is 2.04. The molecule has 0 bridgehead atoms. The van der Waals surface area contributed by atoms with Crippen LogP contribution in [-0.2, 0) is 0 Å². The van der Waals surface area contributed by atoms with E-state index >= 15 is 0 Å². The third kappa shape index (κ3) is 1.70. The molecule has 0 N–H and O–H groups in total. The van der Waals surface area contributed by atoms with Crippen molar-refractivity contribution in [2.24, 2.45) is 0 Å². The first-order chi connectivity index (χ1) is 4.43. The maximum atomic E-state index is 8.16. The van der Waals surface area contributed by atoms with Crippen LogP contribution in [0, 0.1) is 10.7 Å². The van der Waals surface area contributed by atoms with Crippen LogP contribution < -0.4 is 0 Å². The van der Waals surface area contributed by atoms with Crippen LogP contribution in [0.4, 0.5) is 0 Å². The summed E-state index contributed by atoms with van der Waals surface area (Å²) in [6.07, 6.45) is 4.68. The Morgan fingerprint density at radius 3 is 3.00 bits per heavy atom. The van der Waals surface area contributed by atoms with Crippen LogP contribution >= 0.6 is 11.8 Å². The van der Waals surface area contributed by atoms with Crippen molar-refractivity contribution in [3.63, 3.8) is 0 Å². The van der Waals surface area contributed by atoms with Crippen molar-refractivity contribution in [2.75, 3.05) is 0 Å². The molecule has 0 aliphatic rings. The molecule has 9 heavy (non-hydrogen) atoms. The van der Waals surface area contributed by atoms with Gasteiger partial charge in [0.2, 0.25) is 0 Å². The molecule has 1 aromatic heterocycles. The highest BCUT2D eigenvalue weighted by molar-refractivity contribution is 8.03. The lowest BCUT2D eigenvalue weighted by molar-refractivity contribution is 1.06. The Morgan fingerprint density at radius 2 is 2.44 bits per heavy atom. The van der Waals surface area contributed by atoms with E-state index in [-0.39, 0.29) is 0 Å². The van der Waals surface area contributed by atoms with Gasteiger partial charge in [-0.25, -0.2) is 4.98 Å². The van der Waals surface area contributed by atoms with Gasteiger partial charge in [-0.1, -0.05) is 0 Å². The fourth-order valence-corrected chi connectivity index (χ4v) is 0.706. The minimum atomic E-state index is 0.639. The van der Waals surface area contributed by atoms with E-state index in [1.165, 1.54) is 0 Å². The van der Waals surface area contributed by atoms with Gasteiger partial charge in [-0.15, -0.1) is 0 Å². The van der Waals surface area contributed by atoms with Crippen LogP contribution in [0.15, 0.2) is 23.6 Å². The van der Waals surface area contributed by atoms with Gasteiger partial charge in [-0.05, 0) is 0 Å². The van der Waals surface area contributed by atoms with Gasteiger partial charge in [0.05, 0.1) is 6.20 Å². The van der Waals surface area contributed by atoms with Crippen molar-refractivity contribution in [1.82, 2.24) is 9.97 Å². The summed E-state index contributed by atoms with van der Waals surface area (Å²) in [5.74, 6) is 0. The molecule has 0 spiro atoms. The molecule has 1 aromatic rings. The Morgan fingerprint density at radius 1 is 1.56 bits per heavy atom. The molecule has 44 valence electrons. The predicted molar refractivity (Wildman–Crippen MR) is 33.5 cm³/mol. The molecule has 4 heteroatoms. The SMILES string of the molecule is N#CSc1cnccn1. The van der Waals surface area contributed by atoms with Crippen LogP contribution in [0.2, 0.25) is 0 Å². The smallest absolute Gasteiger partial charge is 0.140 e. The highest BCUT2D eigenvalue weighted by Crippen LogP contribution is 2.08. The van der Waals surface area contributed by atoms with Gasteiger partial charge in [-0.2, -0.15) is 5.26 Å². The average Bonchev–Trinajstić information content (AvgIpc) is 1.91. The maximum Gasteiger partial charge on any atom is 0.140 e. The van der Waals surface area contributed by atoms with Crippen molar-refractivity contribution < 1.29 is 0 Å². The summed E-state index contributed by atoms with van der Waals surface area (Å²) in [5.41, 5.74) is 0. The van der Waals surface area contributed by atoms with E-state index in [4.69, 9.17) is 5.26 Å². The van der Waals surface area contributed by atoms with Gasteiger partial charge in [0.25, 0.3) is 0 Å². The zero-order valence-electron chi connectivity index (χ0n) is 4.48. The molecular weight excluding hydrogens is 134 g/mol. The van der Waals surface area contributed by atoms with Crippen LogP contribution in [0.5, 0.6) is 0 Å². The van der Waals surface area contributed by atoms with E-state index in [9.17, 15) is 0 Å². The molecule has 0 radical (unpaired) electrons. The van der Waals surface area contributed by atoms with E-state index in [1.807, 2.05) is 5.40 Å². The summed E-state index contributed by atoms with van der Waals surface area (Å²) in [4.78, 5) is 7.62. The van der Waals surface area contributed by atoms with Gasteiger partial charge in [0.1, 0.15) is 10.4 Å². The number of nitrogens with zero attached hydrogens (tertiary/aromatic N) is 3. The summed E-state index contributed by atoms with van der Waals surface area (Å²) >= 11 is 1.01. The van der Waals surface area contributed by atoms with Gasteiger partial charge < -0.3 is 0 Å². The largest absolute Gasteiger partial charge is 0.260 e. The first-order valence-corrected chi connectivity index (χ1v) is 3.07. The van der Waals surface area contributed by atoms with Gasteiger partial charge in [0.15, 0.2) is 0 Å². The number of hydrogen-bond acceptors (Lipinski definition) is 4. The number of thioether (sulfide) groups is 1. The first-order valence-electron chi connectivity index (χ1n) is 2.25. The van der Waals surface area contributed by atoms with E-state index in [1.54, 1.807) is 18.6 Å². The minimum absolute atomic E-state index is 0.639. The monoisotopic (exact) mass is 137 g/mol. The van der Waals surface area contributed by atoms with Gasteiger partial charge >= 0.3 is 0 Å².